The minimum absolute atomic E-state index is 0. The van der Waals surface area contributed by atoms with Crippen molar-refractivity contribution in [2.24, 2.45) is 16.6 Å². The number of halogens is 2. The molecule has 0 aromatic heterocycles. The smallest absolute Gasteiger partial charge is 0.251 e. The van der Waals surface area contributed by atoms with Gasteiger partial charge < -0.3 is 16.4 Å². The summed E-state index contributed by atoms with van der Waals surface area (Å²) in [5.74, 6) is 0.793. The average Bonchev–Trinajstić information content (AvgIpc) is 2.42. The van der Waals surface area contributed by atoms with Crippen molar-refractivity contribution in [2.75, 3.05) is 19.6 Å². The topological polar surface area (TPSA) is 79.5 Å². The van der Waals surface area contributed by atoms with Gasteiger partial charge in [-0.25, -0.2) is 0 Å². The van der Waals surface area contributed by atoms with Crippen LogP contribution in [0.15, 0.2) is 33.7 Å². The molecule has 0 fully saturated rings. The quantitative estimate of drug-likeness (QED) is 0.374. The molecule has 0 unspecified atom stereocenters. The second-order valence-corrected chi connectivity index (χ2v) is 5.73. The summed E-state index contributed by atoms with van der Waals surface area (Å²) in [4.78, 5) is 16.0. The molecule has 1 aromatic carbocycles. The van der Waals surface area contributed by atoms with Gasteiger partial charge in [0.15, 0.2) is 5.96 Å². The van der Waals surface area contributed by atoms with Crippen molar-refractivity contribution < 1.29 is 4.79 Å². The molecule has 0 saturated heterocycles. The molecule has 5 nitrogen and oxygen atoms in total. The number of aliphatic imine (C=N–C) groups is 1. The molecule has 118 valence electrons. The van der Waals surface area contributed by atoms with Gasteiger partial charge in [-0.1, -0.05) is 29.8 Å². The Balaban J connectivity index is 0.00000400. The van der Waals surface area contributed by atoms with Crippen molar-refractivity contribution in [2.45, 2.75) is 13.8 Å². The Labute approximate surface area is 144 Å². The second-order valence-electron chi connectivity index (χ2n) is 4.81. The van der Waals surface area contributed by atoms with Gasteiger partial charge in [0, 0.05) is 29.7 Å². The van der Waals surface area contributed by atoms with Gasteiger partial charge >= 0.3 is 0 Å². The summed E-state index contributed by atoms with van der Waals surface area (Å²) >= 11 is 3.33. The van der Waals surface area contributed by atoms with E-state index in [1.54, 1.807) is 12.1 Å². The van der Waals surface area contributed by atoms with E-state index in [1.165, 1.54) is 0 Å². The third-order valence-electron chi connectivity index (χ3n) is 2.45. The molecule has 1 rings (SSSR count). The highest BCUT2D eigenvalue weighted by atomic mass is 79.9. The fourth-order valence-corrected chi connectivity index (χ4v) is 1.67. The van der Waals surface area contributed by atoms with E-state index in [9.17, 15) is 4.79 Å². The third-order valence-corrected chi connectivity index (χ3v) is 2.98. The molecule has 0 heterocycles. The fourth-order valence-electron chi connectivity index (χ4n) is 1.41. The highest BCUT2D eigenvalue weighted by Crippen LogP contribution is 2.10. The Bertz CT molecular complexity index is 461. The summed E-state index contributed by atoms with van der Waals surface area (Å²) in [5, 5.41) is 5.77. The van der Waals surface area contributed by atoms with Crippen LogP contribution in [0, 0.1) is 5.92 Å². The molecule has 0 spiro atoms. The minimum atomic E-state index is -0.100. The minimum Gasteiger partial charge on any atom is -0.370 e. The van der Waals surface area contributed by atoms with Crippen LogP contribution in [-0.4, -0.2) is 31.5 Å². The highest BCUT2D eigenvalue weighted by molar-refractivity contribution is 9.10. The van der Waals surface area contributed by atoms with Crippen LogP contribution in [0.3, 0.4) is 0 Å². The lowest BCUT2D eigenvalue weighted by atomic mass is 10.2. The molecule has 0 aliphatic carbocycles. The zero-order chi connectivity index (χ0) is 15.0. The fraction of sp³-hybridized carbons (Fsp3) is 0.429. The van der Waals surface area contributed by atoms with Crippen LogP contribution in [0.1, 0.15) is 24.2 Å². The molecule has 0 radical (unpaired) electrons. The molecule has 7 heteroatoms. The third kappa shape index (κ3) is 8.72. The molecular formula is C14H22Br2N4O. The number of rotatable bonds is 6. The Morgan fingerprint density at radius 2 is 1.81 bits per heavy atom. The monoisotopic (exact) mass is 420 g/mol. The first-order chi connectivity index (χ1) is 9.49. The number of nitrogens with zero attached hydrogens (tertiary/aromatic N) is 1. The number of hydrogen-bond donors (Lipinski definition) is 3. The van der Waals surface area contributed by atoms with Crippen LogP contribution >= 0.6 is 32.9 Å². The lowest BCUT2D eigenvalue weighted by molar-refractivity contribution is 0.0954. The summed E-state index contributed by atoms with van der Waals surface area (Å²) in [7, 11) is 0. The first-order valence-corrected chi connectivity index (χ1v) is 7.36. The van der Waals surface area contributed by atoms with E-state index in [-0.39, 0.29) is 22.9 Å². The van der Waals surface area contributed by atoms with Crippen LogP contribution in [0.5, 0.6) is 0 Å². The van der Waals surface area contributed by atoms with Crippen molar-refractivity contribution in [3.8, 4) is 0 Å². The number of hydrogen-bond acceptors (Lipinski definition) is 2. The molecule has 21 heavy (non-hydrogen) atoms. The van der Waals surface area contributed by atoms with Crippen LogP contribution in [0.2, 0.25) is 0 Å². The molecule has 0 aliphatic rings. The number of carbonyl (C=O) groups excluding carboxylic acids is 1. The maximum absolute atomic E-state index is 11.8. The lowest BCUT2D eigenvalue weighted by Gasteiger charge is -2.08. The molecular weight excluding hydrogens is 400 g/mol. The largest absolute Gasteiger partial charge is 0.370 e. The van der Waals surface area contributed by atoms with Gasteiger partial charge in [-0.3, -0.25) is 9.79 Å². The zero-order valence-electron chi connectivity index (χ0n) is 12.2. The van der Waals surface area contributed by atoms with E-state index < -0.39 is 0 Å². The van der Waals surface area contributed by atoms with Crippen molar-refractivity contribution in [3.05, 3.63) is 34.3 Å². The van der Waals surface area contributed by atoms with Gasteiger partial charge in [0.1, 0.15) is 0 Å². The van der Waals surface area contributed by atoms with Gasteiger partial charge in [0.05, 0.1) is 0 Å². The second kappa shape index (κ2) is 10.6. The van der Waals surface area contributed by atoms with Crippen molar-refractivity contribution >= 4 is 44.8 Å². The van der Waals surface area contributed by atoms with Crippen LogP contribution in [-0.2, 0) is 0 Å². The summed E-state index contributed by atoms with van der Waals surface area (Å²) in [6.45, 7) is 5.90. The average molecular weight is 422 g/mol. The number of guanidine groups is 1. The van der Waals surface area contributed by atoms with E-state index in [0.717, 1.165) is 4.47 Å². The Morgan fingerprint density at radius 3 is 2.38 bits per heavy atom. The summed E-state index contributed by atoms with van der Waals surface area (Å²) < 4.78 is 0.949. The summed E-state index contributed by atoms with van der Waals surface area (Å²) in [5.41, 5.74) is 6.32. The SMILES string of the molecule is Br.CC(C)CN=C(N)NCCNC(=O)c1ccc(Br)cc1. The zero-order valence-corrected chi connectivity index (χ0v) is 15.5. The van der Waals surface area contributed by atoms with Gasteiger partial charge in [-0.05, 0) is 30.2 Å². The number of amides is 1. The molecule has 0 bridgehead atoms. The molecule has 0 saturated carbocycles. The molecule has 0 aliphatic heterocycles. The van der Waals surface area contributed by atoms with Crippen molar-refractivity contribution in [1.82, 2.24) is 10.6 Å². The lowest BCUT2D eigenvalue weighted by Crippen LogP contribution is -2.38. The number of nitrogens with one attached hydrogen (secondary N) is 2. The van der Waals surface area contributed by atoms with E-state index >= 15 is 0 Å². The Kier molecular flexibility index (Phi) is 10.1. The highest BCUT2D eigenvalue weighted by Gasteiger charge is 2.03. The molecule has 4 N–H and O–H groups in total. The maximum Gasteiger partial charge on any atom is 0.251 e. The first-order valence-electron chi connectivity index (χ1n) is 6.56. The summed E-state index contributed by atoms with van der Waals surface area (Å²) in [6, 6.07) is 7.21. The standard InChI is InChI=1S/C14H21BrN4O.BrH/c1-10(2)9-19-14(16)18-8-7-17-13(20)11-3-5-12(15)6-4-11;/h3-6,10H,7-9H2,1-2H3,(H,17,20)(H3,16,18,19);1H. The van der Waals surface area contributed by atoms with Crippen LogP contribution in [0.25, 0.3) is 0 Å². The number of nitrogens with two attached hydrogens (primary N) is 1. The van der Waals surface area contributed by atoms with Crippen LogP contribution in [0.4, 0.5) is 0 Å². The predicted octanol–water partition coefficient (Wildman–Crippen LogP) is 2.32. The van der Waals surface area contributed by atoms with Crippen LogP contribution < -0.4 is 16.4 Å². The van der Waals surface area contributed by atoms with Crippen molar-refractivity contribution in [1.29, 1.82) is 0 Å². The molecule has 1 aromatic rings. The van der Waals surface area contributed by atoms with Crippen molar-refractivity contribution in [3.63, 3.8) is 0 Å². The maximum atomic E-state index is 11.8. The Morgan fingerprint density at radius 1 is 1.24 bits per heavy atom. The van der Waals surface area contributed by atoms with Gasteiger partial charge in [-0.15, -0.1) is 17.0 Å². The van der Waals surface area contributed by atoms with E-state index in [4.69, 9.17) is 5.73 Å². The first kappa shape index (κ1) is 19.9. The normalized spacial score (nSPS) is 11.0. The predicted molar refractivity (Wildman–Crippen MR) is 96.1 cm³/mol. The molecule has 0 atom stereocenters. The number of carbonyl (C=O) groups is 1. The molecule has 1 amide bonds. The van der Waals surface area contributed by atoms with E-state index in [2.05, 4.69) is 45.4 Å². The Hall–Kier alpha value is -1.08. The van der Waals surface area contributed by atoms with Gasteiger partial charge in [0.25, 0.3) is 5.91 Å². The van der Waals surface area contributed by atoms with E-state index in [0.29, 0.717) is 37.1 Å². The van der Waals surface area contributed by atoms with Gasteiger partial charge in [-0.2, -0.15) is 0 Å². The summed E-state index contributed by atoms with van der Waals surface area (Å²) in [6.07, 6.45) is 0. The number of benzene rings is 1. The van der Waals surface area contributed by atoms with Gasteiger partial charge in [0.2, 0.25) is 0 Å². The van der Waals surface area contributed by atoms with E-state index in [1.807, 2.05) is 12.1 Å².